The zero-order valence-electron chi connectivity index (χ0n) is 63.6. The van der Waals surface area contributed by atoms with Gasteiger partial charge in [0.15, 0.2) is 0 Å². The summed E-state index contributed by atoms with van der Waals surface area (Å²) in [5, 5.41) is 0.860. The van der Waals surface area contributed by atoms with Gasteiger partial charge in [0, 0.05) is 47.0 Å². The molecule has 0 saturated heterocycles. The van der Waals surface area contributed by atoms with E-state index in [1.165, 1.54) is 11.1 Å². The van der Waals surface area contributed by atoms with Crippen molar-refractivity contribution in [3.63, 3.8) is 0 Å². The smallest absolute Gasteiger partial charge is 0.268 e. The number of hydrogen-bond donors (Lipinski definition) is 0. The third-order valence-electron chi connectivity index (χ3n) is 16.2. The van der Waals surface area contributed by atoms with E-state index in [9.17, 15) is 13.7 Å². The van der Waals surface area contributed by atoms with Gasteiger partial charge in [0.1, 0.15) is 5.82 Å². The van der Waals surface area contributed by atoms with Crippen LogP contribution in [0.5, 0.6) is 11.5 Å². The van der Waals surface area contributed by atoms with Gasteiger partial charge in [-0.15, -0.1) is 29.7 Å². The van der Waals surface area contributed by atoms with Crippen LogP contribution in [-0.2, 0) is 55.5 Å². The zero-order valence-corrected chi connectivity index (χ0v) is 52.9. The summed E-state index contributed by atoms with van der Waals surface area (Å²) in [6, 6.07) is 34.1. The number of pyridine rings is 1. The van der Waals surface area contributed by atoms with Crippen LogP contribution in [-0.4, -0.2) is 14.1 Å². The van der Waals surface area contributed by atoms with Gasteiger partial charge in [-0.25, -0.2) is 4.98 Å². The van der Waals surface area contributed by atoms with Gasteiger partial charge in [0.25, 0.3) is 6.33 Å². The summed E-state index contributed by atoms with van der Waals surface area (Å²) in [4.78, 5) is 4.75. The molecule has 84 heavy (non-hydrogen) atoms. The van der Waals surface area contributed by atoms with Gasteiger partial charge in [0.2, 0.25) is 0 Å². The second-order valence-corrected chi connectivity index (χ2v) is 26.5. The Hall–Kier alpha value is -7.33. The van der Waals surface area contributed by atoms with Crippen LogP contribution in [0.25, 0.3) is 83.4 Å². The van der Waals surface area contributed by atoms with Crippen LogP contribution >= 0.6 is 0 Å². The molecule has 1 aliphatic rings. The van der Waals surface area contributed by atoms with Gasteiger partial charge in [-0.3, -0.25) is 4.57 Å². The number of nitrogens with zero attached hydrogens (tertiary/aromatic N) is 4. The molecule has 0 saturated carbocycles. The molecule has 6 heteroatoms. The molecule has 3 heterocycles. The first-order valence-electron chi connectivity index (χ1n) is 35.5. The van der Waals surface area contributed by atoms with E-state index in [2.05, 4.69) is 105 Å². The van der Waals surface area contributed by atoms with Crippen LogP contribution in [0.15, 0.2) is 170 Å². The molecule has 3 aromatic heterocycles. The van der Waals surface area contributed by atoms with E-state index in [0.29, 0.717) is 62.2 Å². The fraction of sp³-hybridized carbons (Fsp3) is 0.308. The Morgan fingerprint density at radius 3 is 2.05 bits per heavy atom. The molecule has 12 rings (SSSR count). The van der Waals surface area contributed by atoms with Crippen LogP contribution in [0.2, 0.25) is 0 Å². The number of benzene rings is 8. The molecular weight excluding hydrogens is 1200 g/mol. The number of para-hydroxylation sites is 3. The minimum Gasteiger partial charge on any atom is -0.510 e. The molecule has 1 aliphatic carbocycles. The normalized spacial score (nSPS) is 16.5. The van der Waals surface area contributed by atoms with Gasteiger partial charge in [0.05, 0.1) is 31.8 Å². The second kappa shape index (κ2) is 22.3. The molecule has 8 aromatic carbocycles. The Bertz CT molecular complexity index is 5020. The van der Waals surface area contributed by atoms with Crippen molar-refractivity contribution in [3.05, 3.63) is 222 Å². The predicted octanol–water partition coefficient (Wildman–Crippen LogP) is 19.9. The maximum Gasteiger partial charge on any atom is 0.268 e. The standard InChI is InChI=1S/C78H80N4O.Pt/c1-50(2)38-52-40-57(44-59(41-52)76(8,9)10)54-26-28-55(29-27-54)65-42-53(39-51(3)4)43-66(56-30-33-67-68(45-56)78(13,14)36-35-77(67,11)12)74(65)81-49-80(70-24-17-18-25-71(70)81)60-20-19-21-61(47-60)83-62-31-32-64-63-22-15-16-23-69(63)82(72(64)48-62)73-46-58(34-37-79-73)75(5,6)7;/h15-34,37,40-46,50-51H,35-36,38-39H2,1-14H3;/q-2;/i15D,16D,22D,23D,26D,27D,28D,29D,38D2,40D,41D,44D;. The third kappa shape index (κ3) is 11.3. The van der Waals surface area contributed by atoms with Gasteiger partial charge in [-0.2, -0.15) is 18.2 Å². The van der Waals surface area contributed by atoms with Gasteiger partial charge in [-0.1, -0.05) is 217 Å². The molecular formula is C78H80N4OPt-2. The van der Waals surface area contributed by atoms with Crippen molar-refractivity contribution in [2.45, 2.75) is 144 Å². The largest absolute Gasteiger partial charge is 0.510 e. The second-order valence-electron chi connectivity index (χ2n) is 26.5. The molecule has 5 nitrogen and oxygen atoms in total. The van der Waals surface area contributed by atoms with Crippen LogP contribution in [0.4, 0.5) is 0 Å². The molecule has 0 atom stereocenters. The summed E-state index contributed by atoms with van der Waals surface area (Å²) >= 11 is 0. The van der Waals surface area contributed by atoms with Gasteiger partial charge >= 0.3 is 0 Å². The molecule has 430 valence electrons. The number of aromatic nitrogens is 4. The van der Waals surface area contributed by atoms with E-state index in [1.54, 1.807) is 63.6 Å². The predicted molar refractivity (Wildman–Crippen MR) is 346 cm³/mol. The van der Waals surface area contributed by atoms with Crippen molar-refractivity contribution in [2.24, 2.45) is 11.8 Å². The minimum absolute atomic E-state index is 0. The summed E-state index contributed by atoms with van der Waals surface area (Å²) in [5.41, 5.74) is 7.14. The molecule has 0 amide bonds. The van der Waals surface area contributed by atoms with E-state index in [-0.39, 0.29) is 119 Å². The average Bonchev–Trinajstić information content (AvgIpc) is 1.71. The van der Waals surface area contributed by atoms with Crippen molar-refractivity contribution < 1.29 is 48.2 Å². The monoisotopic (exact) mass is 1300 g/mol. The Morgan fingerprint density at radius 1 is 0.631 bits per heavy atom. The van der Waals surface area contributed by atoms with E-state index in [0.717, 1.165) is 35.1 Å². The van der Waals surface area contributed by atoms with Crippen LogP contribution in [0.3, 0.4) is 0 Å². The number of hydrogen-bond acceptors (Lipinski definition) is 2. The number of rotatable bonds is 12. The summed E-state index contributed by atoms with van der Waals surface area (Å²) in [7, 11) is 0. The van der Waals surface area contributed by atoms with Gasteiger partial charge in [-0.05, 0) is 155 Å². The number of ether oxygens (including phenoxy) is 1. The SMILES string of the molecule is [2H]c1c([2H])c(-c2c([2H])c(C(C)(C)C)c([2H])c(C([2H])([2H])C(C)C)c2[2H])c([2H])c([2H])c1-c1cc(CC(C)C)cc(-c2ccc3c(c2)C(C)(C)CCC3(C)C)c1-[n+]1[c-]n(-c2[c-]c(Oc3[c-]c4c(cc3)c3c([2H])c([2H])c([2H])c([2H])c3n4-c3cc(C(C)(C)C)ccn3)ccc2)c2ccccc21.[Pt]. The first kappa shape index (κ1) is 44.2. The Balaban J connectivity index is 0.00000954. The Morgan fingerprint density at radius 2 is 1.32 bits per heavy atom. The van der Waals surface area contributed by atoms with E-state index >= 15 is 0 Å². The van der Waals surface area contributed by atoms with Crippen LogP contribution < -0.4 is 9.30 Å². The van der Waals surface area contributed by atoms with E-state index < -0.39 is 47.9 Å². The van der Waals surface area contributed by atoms with E-state index in [4.69, 9.17) is 13.8 Å². The molecule has 0 fully saturated rings. The average molecular weight is 1300 g/mol. The third-order valence-corrected chi connectivity index (χ3v) is 16.2. The molecule has 11 aromatic rings. The van der Waals surface area contributed by atoms with Crippen molar-refractivity contribution in [2.75, 3.05) is 0 Å². The zero-order chi connectivity index (χ0) is 69.7. The van der Waals surface area contributed by atoms with Gasteiger partial charge < -0.3 is 13.9 Å². The van der Waals surface area contributed by atoms with Crippen LogP contribution in [0, 0.1) is 30.3 Å². The maximum atomic E-state index is 10.2. The Kier molecular flexibility index (Phi) is 11.7. The molecule has 0 spiro atoms. The summed E-state index contributed by atoms with van der Waals surface area (Å²) in [6.45, 7) is 28.3. The molecule has 0 radical (unpaired) electrons. The Labute approximate surface area is 532 Å². The minimum atomic E-state index is -2.24. The fourth-order valence-electron chi connectivity index (χ4n) is 11.7. The fourth-order valence-corrected chi connectivity index (χ4v) is 11.7. The molecule has 0 N–H and O–H groups in total. The molecule has 0 aliphatic heterocycles. The van der Waals surface area contributed by atoms with Crippen molar-refractivity contribution in [3.8, 4) is 62.1 Å². The maximum absolute atomic E-state index is 10.2. The van der Waals surface area contributed by atoms with E-state index in [1.807, 2.05) is 63.7 Å². The quantitative estimate of drug-likeness (QED) is 0.0903. The van der Waals surface area contributed by atoms with Crippen LogP contribution in [0.1, 0.15) is 161 Å². The summed E-state index contributed by atoms with van der Waals surface area (Å²) < 4.78 is 136. The van der Waals surface area contributed by atoms with Crippen molar-refractivity contribution in [1.82, 2.24) is 14.1 Å². The first-order chi connectivity index (χ1) is 44.9. The van der Waals surface area contributed by atoms with Crippen molar-refractivity contribution >= 4 is 32.8 Å². The summed E-state index contributed by atoms with van der Waals surface area (Å²) in [6.07, 6.45) is 5.71. The molecule has 0 unspecified atom stereocenters. The number of imidazole rings is 1. The summed E-state index contributed by atoms with van der Waals surface area (Å²) in [5.74, 6) is 0.467. The first-order valence-corrected chi connectivity index (χ1v) is 29.0. The van der Waals surface area contributed by atoms with Crippen molar-refractivity contribution in [1.29, 1.82) is 0 Å². The number of fused-ring (bicyclic) bond motifs is 5. The topological polar surface area (TPSA) is 35.9 Å². The molecule has 0 bridgehead atoms.